The minimum absolute atomic E-state index is 0.0809. The van der Waals surface area contributed by atoms with Crippen LogP contribution in [-0.2, 0) is 0 Å². The van der Waals surface area contributed by atoms with Crippen molar-refractivity contribution in [1.29, 1.82) is 0 Å². The lowest BCUT2D eigenvalue weighted by atomic mass is 9.72. The van der Waals surface area contributed by atoms with Crippen molar-refractivity contribution in [2.24, 2.45) is 5.92 Å². The molecule has 160 valence electrons. The maximum absolute atomic E-state index is 14.6. The third-order valence-corrected chi connectivity index (χ3v) is 5.86. The topological polar surface area (TPSA) is 67.8 Å². The van der Waals surface area contributed by atoms with Crippen LogP contribution in [0.2, 0.25) is 0 Å². The first kappa shape index (κ1) is 21.0. The van der Waals surface area contributed by atoms with Crippen molar-refractivity contribution >= 4 is 11.6 Å². The van der Waals surface area contributed by atoms with E-state index in [0.717, 1.165) is 31.0 Å². The number of aromatic nitrogens is 3. The van der Waals surface area contributed by atoms with Crippen LogP contribution >= 0.6 is 0 Å². The summed E-state index contributed by atoms with van der Waals surface area (Å²) in [6.07, 6.45) is 6.52. The normalized spacial score (nSPS) is 18.0. The summed E-state index contributed by atoms with van der Waals surface area (Å²) in [5.41, 5.74) is 1.85. The molecule has 1 aliphatic rings. The lowest BCUT2D eigenvalue weighted by Gasteiger charge is -2.35. The maximum atomic E-state index is 14.6. The highest BCUT2D eigenvalue weighted by Crippen LogP contribution is 2.46. The van der Waals surface area contributed by atoms with E-state index in [-0.39, 0.29) is 23.0 Å². The van der Waals surface area contributed by atoms with Crippen molar-refractivity contribution in [1.82, 2.24) is 15.0 Å². The fourth-order valence-corrected chi connectivity index (χ4v) is 3.83. The van der Waals surface area contributed by atoms with Gasteiger partial charge in [0.1, 0.15) is 17.5 Å². The van der Waals surface area contributed by atoms with Gasteiger partial charge in [0.15, 0.2) is 0 Å². The number of hydrogen-bond acceptors (Lipinski definition) is 4. The fraction of sp³-hybridized carbons (Fsp3) is 0.333. The average molecular weight is 422 g/mol. The fourth-order valence-electron chi connectivity index (χ4n) is 3.83. The molecule has 2 unspecified atom stereocenters. The van der Waals surface area contributed by atoms with Crippen LogP contribution in [0.3, 0.4) is 0 Å². The lowest BCUT2D eigenvalue weighted by molar-refractivity contribution is 0.102. The molecule has 2 heterocycles. The molecule has 1 fully saturated rings. The third kappa shape index (κ3) is 4.17. The predicted octanol–water partition coefficient (Wildman–Crippen LogP) is 5.71. The van der Waals surface area contributed by atoms with Crippen LogP contribution in [0.5, 0.6) is 0 Å². The molecule has 0 spiro atoms. The number of amides is 1. The van der Waals surface area contributed by atoms with E-state index in [1.54, 1.807) is 12.3 Å². The number of anilines is 1. The van der Waals surface area contributed by atoms with Crippen molar-refractivity contribution < 1.29 is 13.6 Å². The van der Waals surface area contributed by atoms with E-state index >= 15 is 0 Å². The first-order valence-electron chi connectivity index (χ1n) is 10.4. The SMILES string of the molecule is CC(C)c1ncc(C(=O)Nc2c(-c3cc(F)ccc3F)ccnc2C2CCC2C)cn1. The molecule has 1 saturated carbocycles. The van der Waals surface area contributed by atoms with Gasteiger partial charge in [-0.15, -0.1) is 0 Å². The summed E-state index contributed by atoms with van der Waals surface area (Å²) < 4.78 is 28.5. The van der Waals surface area contributed by atoms with Crippen LogP contribution in [0.4, 0.5) is 14.5 Å². The Balaban J connectivity index is 1.77. The largest absolute Gasteiger partial charge is 0.320 e. The molecule has 0 aliphatic heterocycles. The quantitative estimate of drug-likeness (QED) is 0.572. The summed E-state index contributed by atoms with van der Waals surface area (Å²) in [7, 11) is 0. The van der Waals surface area contributed by atoms with Crippen molar-refractivity contribution in [3.8, 4) is 11.1 Å². The second-order valence-corrected chi connectivity index (χ2v) is 8.34. The molecule has 4 rings (SSSR count). The van der Waals surface area contributed by atoms with Gasteiger partial charge in [-0.1, -0.05) is 20.8 Å². The molecule has 31 heavy (non-hydrogen) atoms. The van der Waals surface area contributed by atoms with Gasteiger partial charge in [-0.2, -0.15) is 0 Å². The Bertz CT molecular complexity index is 1120. The zero-order valence-electron chi connectivity index (χ0n) is 17.7. The molecule has 2 aromatic heterocycles. The van der Waals surface area contributed by atoms with Crippen LogP contribution in [0, 0.1) is 17.6 Å². The first-order chi connectivity index (χ1) is 14.8. The molecule has 3 aromatic rings. The molecular formula is C24H24F2N4O. The van der Waals surface area contributed by atoms with Gasteiger partial charge in [0.25, 0.3) is 5.91 Å². The molecular weight excluding hydrogens is 398 g/mol. The Hall–Kier alpha value is -3.22. The van der Waals surface area contributed by atoms with Crippen LogP contribution in [0.25, 0.3) is 11.1 Å². The van der Waals surface area contributed by atoms with Crippen LogP contribution in [0.15, 0.2) is 42.9 Å². The predicted molar refractivity (Wildman–Crippen MR) is 115 cm³/mol. The van der Waals surface area contributed by atoms with E-state index in [2.05, 4.69) is 27.2 Å². The zero-order chi connectivity index (χ0) is 22.1. The summed E-state index contributed by atoms with van der Waals surface area (Å²) in [6.45, 7) is 6.06. The summed E-state index contributed by atoms with van der Waals surface area (Å²) in [5, 5.41) is 2.89. The first-order valence-corrected chi connectivity index (χ1v) is 10.4. The van der Waals surface area contributed by atoms with E-state index < -0.39 is 17.5 Å². The Kier molecular flexibility index (Phi) is 5.76. The number of carbonyl (C=O) groups is 1. The Morgan fingerprint density at radius 2 is 1.81 bits per heavy atom. The van der Waals surface area contributed by atoms with Crippen molar-refractivity contribution in [2.45, 2.75) is 45.4 Å². The summed E-state index contributed by atoms with van der Waals surface area (Å²) in [6, 6.07) is 4.88. The smallest absolute Gasteiger partial charge is 0.258 e. The molecule has 1 aromatic carbocycles. The highest BCUT2D eigenvalue weighted by molar-refractivity contribution is 6.06. The molecule has 5 nitrogen and oxygen atoms in total. The lowest BCUT2D eigenvalue weighted by Crippen LogP contribution is -2.25. The van der Waals surface area contributed by atoms with E-state index in [1.807, 2.05) is 13.8 Å². The standard InChI is InChI=1S/C24H24F2N4O/c1-13(2)23-28-11-15(12-29-23)24(31)30-22-18(19-10-16(25)5-7-20(19)26)8-9-27-21(22)17-6-4-14(17)3/h5,7-14,17H,4,6H2,1-3H3,(H,30,31). The summed E-state index contributed by atoms with van der Waals surface area (Å²) in [4.78, 5) is 26.0. The van der Waals surface area contributed by atoms with Gasteiger partial charge >= 0.3 is 0 Å². The minimum Gasteiger partial charge on any atom is -0.320 e. The van der Waals surface area contributed by atoms with E-state index in [0.29, 0.717) is 28.7 Å². The average Bonchev–Trinajstić information content (AvgIpc) is 2.75. The Morgan fingerprint density at radius 1 is 1.06 bits per heavy atom. The highest BCUT2D eigenvalue weighted by atomic mass is 19.1. The monoisotopic (exact) mass is 422 g/mol. The van der Waals surface area contributed by atoms with Crippen molar-refractivity contribution in [3.05, 3.63) is 71.6 Å². The second-order valence-electron chi connectivity index (χ2n) is 8.34. The molecule has 1 aliphatic carbocycles. The van der Waals surface area contributed by atoms with Crippen LogP contribution in [-0.4, -0.2) is 20.9 Å². The van der Waals surface area contributed by atoms with Gasteiger partial charge in [0, 0.05) is 41.6 Å². The van der Waals surface area contributed by atoms with Gasteiger partial charge in [-0.05, 0) is 43.0 Å². The number of hydrogen-bond donors (Lipinski definition) is 1. The number of nitrogens with zero attached hydrogens (tertiary/aromatic N) is 3. The van der Waals surface area contributed by atoms with Crippen molar-refractivity contribution in [3.63, 3.8) is 0 Å². The third-order valence-electron chi connectivity index (χ3n) is 5.86. The number of halogens is 2. The molecule has 1 amide bonds. The number of benzene rings is 1. The highest BCUT2D eigenvalue weighted by Gasteiger charge is 2.33. The van der Waals surface area contributed by atoms with Crippen LogP contribution in [0.1, 0.15) is 67.3 Å². The van der Waals surface area contributed by atoms with Crippen LogP contribution < -0.4 is 5.32 Å². The van der Waals surface area contributed by atoms with Gasteiger partial charge < -0.3 is 5.32 Å². The molecule has 1 N–H and O–H groups in total. The maximum Gasteiger partial charge on any atom is 0.258 e. The van der Waals surface area contributed by atoms with E-state index in [1.165, 1.54) is 12.4 Å². The molecule has 0 bridgehead atoms. The minimum atomic E-state index is -0.569. The van der Waals surface area contributed by atoms with Gasteiger partial charge in [0.2, 0.25) is 0 Å². The van der Waals surface area contributed by atoms with Gasteiger partial charge in [-0.3, -0.25) is 9.78 Å². The molecule has 7 heteroatoms. The Morgan fingerprint density at radius 3 is 2.42 bits per heavy atom. The molecule has 0 saturated heterocycles. The van der Waals surface area contributed by atoms with Gasteiger partial charge in [0.05, 0.1) is 16.9 Å². The number of rotatable bonds is 5. The number of pyridine rings is 1. The zero-order valence-corrected chi connectivity index (χ0v) is 17.7. The van der Waals surface area contributed by atoms with E-state index in [4.69, 9.17) is 0 Å². The summed E-state index contributed by atoms with van der Waals surface area (Å²) >= 11 is 0. The van der Waals surface area contributed by atoms with Crippen molar-refractivity contribution in [2.75, 3.05) is 5.32 Å². The Labute approximate surface area is 180 Å². The number of carbonyl (C=O) groups excluding carboxylic acids is 1. The number of nitrogens with one attached hydrogen (secondary N) is 1. The van der Waals surface area contributed by atoms with E-state index in [9.17, 15) is 13.6 Å². The molecule has 0 radical (unpaired) electrons. The molecule has 2 atom stereocenters. The summed E-state index contributed by atoms with van der Waals surface area (Å²) in [5.74, 6) is -0.221. The second kappa shape index (κ2) is 8.49. The van der Waals surface area contributed by atoms with Gasteiger partial charge in [-0.25, -0.2) is 18.7 Å².